The lowest BCUT2D eigenvalue weighted by molar-refractivity contribution is 0.401. The molecular weight excluding hydrogens is 276 g/mol. The Balaban J connectivity index is 2.47. The third kappa shape index (κ3) is 2.77. The van der Waals surface area contributed by atoms with E-state index in [4.69, 9.17) is 4.42 Å². The van der Waals surface area contributed by atoms with Crippen LogP contribution in [0.15, 0.2) is 9.31 Å². The summed E-state index contributed by atoms with van der Waals surface area (Å²) in [6.07, 6.45) is 2.76. The fourth-order valence-electron chi connectivity index (χ4n) is 2.63. The summed E-state index contributed by atoms with van der Waals surface area (Å²) in [7, 11) is -1.65. The highest BCUT2D eigenvalue weighted by Gasteiger charge is 2.40. The van der Waals surface area contributed by atoms with Gasteiger partial charge in [-0.15, -0.1) is 0 Å². The summed E-state index contributed by atoms with van der Waals surface area (Å²) < 4.78 is 33.2. The summed E-state index contributed by atoms with van der Waals surface area (Å²) in [6.45, 7) is 6.64. The van der Waals surface area contributed by atoms with E-state index in [9.17, 15) is 8.42 Å². The van der Waals surface area contributed by atoms with Crippen molar-refractivity contribution >= 4 is 10.0 Å². The molecule has 1 aliphatic rings. The van der Waals surface area contributed by atoms with E-state index >= 15 is 0 Å². The molecule has 1 saturated carbocycles. The molecule has 0 aliphatic heterocycles. The van der Waals surface area contributed by atoms with Crippen LogP contribution in [-0.2, 0) is 16.6 Å². The third-order valence-electron chi connectivity index (χ3n) is 3.64. The van der Waals surface area contributed by atoms with Gasteiger partial charge in [0.2, 0.25) is 10.0 Å². The van der Waals surface area contributed by atoms with E-state index in [0.29, 0.717) is 29.5 Å². The molecule has 20 heavy (non-hydrogen) atoms. The first kappa shape index (κ1) is 15.5. The van der Waals surface area contributed by atoms with Gasteiger partial charge in [-0.3, -0.25) is 0 Å². The van der Waals surface area contributed by atoms with E-state index in [1.54, 1.807) is 11.2 Å². The van der Waals surface area contributed by atoms with Crippen LogP contribution in [0.1, 0.15) is 43.3 Å². The molecule has 0 aromatic carbocycles. The first-order chi connectivity index (χ1) is 9.43. The maximum atomic E-state index is 13.0. The average molecular weight is 300 g/mol. The van der Waals surface area contributed by atoms with Gasteiger partial charge in [-0.25, -0.2) is 8.42 Å². The lowest BCUT2D eigenvalue weighted by atomic mass is 10.2. The monoisotopic (exact) mass is 300 g/mol. The van der Waals surface area contributed by atoms with Crippen molar-refractivity contribution in [1.29, 1.82) is 0 Å². The van der Waals surface area contributed by atoms with Crippen LogP contribution >= 0.6 is 0 Å². The van der Waals surface area contributed by atoms with Crippen molar-refractivity contribution in [2.24, 2.45) is 0 Å². The van der Waals surface area contributed by atoms with E-state index in [-0.39, 0.29) is 6.04 Å². The molecular formula is C14H24N2O3S. The number of furan rings is 1. The van der Waals surface area contributed by atoms with E-state index < -0.39 is 10.0 Å². The average Bonchev–Trinajstić information content (AvgIpc) is 3.14. The molecule has 5 nitrogen and oxygen atoms in total. The molecule has 1 aromatic rings. The molecule has 0 spiro atoms. The van der Waals surface area contributed by atoms with Crippen molar-refractivity contribution in [2.75, 3.05) is 13.6 Å². The summed E-state index contributed by atoms with van der Waals surface area (Å²) in [4.78, 5) is 0.365. The van der Waals surface area contributed by atoms with Crippen LogP contribution in [0.3, 0.4) is 0 Å². The normalized spacial score (nSPS) is 16.1. The summed E-state index contributed by atoms with van der Waals surface area (Å²) in [5, 5.41) is 3.02. The standard InChI is InChI=1S/C14H24N2O3S/c1-5-8-16(12-6-7-12)20(17,18)14-11(3)19-10(2)13(14)9-15-4/h12,15H,5-9H2,1-4H3. The summed E-state index contributed by atoms with van der Waals surface area (Å²) >= 11 is 0. The molecule has 0 radical (unpaired) electrons. The maximum absolute atomic E-state index is 13.0. The molecule has 0 unspecified atom stereocenters. The second kappa shape index (κ2) is 5.87. The number of hydrogen-bond donors (Lipinski definition) is 1. The van der Waals surface area contributed by atoms with Crippen LogP contribution in [0.2, 0.25) is 0 Å². The minimum Gasteiger partial charge on any atom is -0.465 e. The smallest absolute Gasteiger partial charge is 0.247 e. The molecule has 1 aromatic heterocycles. The molecule has 0 saturated heterocycles. The van der Waals surface area contributed by atoms with Gasteiger partial charge in [0.15, 0.2) is 0 Å². The van der Waals surface area contributed by atoms with E-state index in [2.05, 4.69) is 5.32 Å². The lowest BCUT2D eigenvalue weighted by Gasteiger charge is -2.21. The van der Waals surface area contributed by atoms with Gasteiger partial charge in [-0.05, 0) is 40.2 Å². The predicted octanol–water partition coefficient (Wildman–Crippen LogP) is 2.18. The van der Waals surface area contributed by atoms with E-state index in [1.807, 2.05) is 20.9 Å². The zero-order valence-electron chi connectivity index (χ0n) is 12.7. The molecule has 6 heteroatoms. The van der Waals surface area contributed by atoms with Gasteiger partial charge in [0.25, 0.3) is 0 Å². The summed E-state index contributed by atoms with van der Waals surface area (Å²) in [6, 6.07) is 0.178. The van der Waals surface area contributed by atoms with Gasteiger partial charge in [0, 0.05) is 24.7 Å². The SMILES string of the molecule is CCCN(C1CC1)S(=O)(=O)c1c(C)oc(C)c1CNC. The van der Waals surface area contributed by atoms with E-state index in [0.717, 1.165) is 24.8 Å². The number of sulfonamides is 1. The van der Waals surface area contributed by atoms with Gasteiger partial charge in [0.05, 0.1) is 0 Å². The van der Waals surface area contributed by atoms with Gasteiger partial charge in [-0.2, -0.15) is 4.31 Å². The number of aryl methyl sites for hydroxylation is 2. The number of rotatable bonds is 7. The zero-order valence-corrected chi connectivity index (χ0v) is 13.5. The number of nitrogens with one attached hydrogen (secondary N) is 1. The van der Waals surface area contributed by atoms with Crippen molar-refractivity contribution in [3.63, 3.8) is 0 Å². The Morgan fingerprint density at radius 2 is 1.95 bits per heavy atom. The maximum Gasteiger partial charge on any atom is 0.247 e. The highest BCUT2D eigenvalue weighted by molar-refractivity contribution is 7.89. The summed E-state index contributed by atoms with van der Waals surface area (Å²) in [5.74, 6) is 1.18. The van der Waals surface area contributed by atoms with E-state index in [1.165, 1.54) is 0 Å². The molecule has 0 bridgehead atoms. The van der Waals surface area contributed by atoms with Crippen LogP contribution in [-0.4, -0.2) is 32.4 Å². The molecule has 0 amide bonds. The minimum atomic E-state index is -3.46. The Labute approximate surface area is 121 Å². The van der Waals surface area contributed by atoms with Crippen LogP contribution in [0.5, 0.6) is 0 Å². The first-order valence-corrected chi connectivity index (χ1v) is 8.62. The molecule has 1 aliphatic carbocycles. The van der Waals surface area contributed by atoms with Crippen molar-refractivity contribution in [2.45, 2.75) is 57.5 Å². The second-order valence-electron chi connectivity index (χ2n) is 5.40. The van der Waals surface area contributed by atoms with Gasteiger partial charge in [-0.1, -0.05) is 6.92 Å². The Bertz CT molecular complexity index is 573. The van der Waals surface area contributed by atoms with Crippen molar-refractivity contribution in [3.05, 3.63) is 17.1 Å². The van der Waals surface area contributed by atoms with Crippen LogP contribution in [0.4, 0.5) is 0 Å². The van der Waals surface area contributed by atoms with Crippen LogP contribution in [0.25, 0.3) is 0 Å². The van der Waals surface area contributed by atoms with Gasteiger partial charge >= 0.3 is 0 Å². The van der Waals surface area contributed by atoms with Crippen LogP contribution in [0, 0.1) is 13.8 Å². The fraction of sp³-hybridized carbons (Fsp3) is 0.714. The Hall–Kier alpha value is -0.850. The minimum absolute atomic E-state index is 0.178. The highest BCUT2D eigenvalue weighted by Crippen LogP contribution is 2.36. The quantitative estimate of drug-likeness (QED) is 0.838. The Kier molecular flexibility index (Phi) is 4.56. The molecule has 1 N–H and O–H groups in total. The largest absolute Gasteiger partial charge is 0.465 e. The molecule has 1 heterocycles. The third-order valence-corrected chi connectivity index (χ3v) is 5.79. The lowest BCUT2D eigenvalue weighted by Crippen LogP contribution is -2.34. The van der Waals surface area contributed by atoms with Crippen LogP contribution < -0.4 is 5.32 Å². The molecule has 114 valence electrons. The predicted molar refractivity (Wildman–Crippen MR) is 78.2 cm³/mol. The molecule has 2 rings (SSSR count). The first-order valence-electron chi connectivity index (χ1n) is 7.18. The number of hydrogen-bond acceptors (Lipinski definition) is 4. The zero-order chi connectivity index (χ0) is 14.9. The summed E-state index contributed by atoms with van der Waals surface area (Å²) in [5.41, 5.74) is 0.756. The van der Waals surface area contributed by atoms with Crippen molar-refractivity contribution in [3.8, 4) is 0 Å². The van der Waals surface area contributed by atoms with Gasteiger partial charge < -0.3 is 9.73 Å². The Morgan fingerprint density at radius 3 is 2.45 bits per heavy atom. The molecule has 1 fully saturated rings. The second-order valence-corrected chi connectivity index (χ2v) is 7.23. The topological polar surface area (TPSA) is 62.6 Å². The molecule has 0 atom stereocenters. The highest BCUT2D eigenvalue weighted by atomic mass is 32.2. The van der Waals surface area contributed by atoms with Gasteiger partial charge in [0.1, 0.15) is 16.4 Å². The fourth-order valence-corrected chi connectivity index (χ4v) is 4.82. The van der Waals surface area contributed by atoms with Crippen molar-refractivity contribution < 1.29 is 12.8 Å². The Morgan fingerprint density at radius 1 is 1.30 bits per heavy atom. The van der Waals surface area contributed by atoms with Crippen molar-refractivity contribution in [1.82, 2.24) is 9.62 Å². The number of nitrogens with zero attached hydrogens (tertiary/aromatic N) is 1.